The van der Waals surface area contributed by atoms with Crippen molar-refractivity contribution in [3.63, 3.8) is 0 Å². The Morgan fingerprint density at radius 3 is 2.63 bits per heavy atom. The van der Waals surface area contributed by atoms with Crippen LogP contribution >= 0.6 is 0 Å². The number of ether oxygens (including phenoxy) is 1. The van der Waals surface area contributed by atoms with Gasteiger partial charge in [0.2, 0.25) is 5.91 Å². The van der Waals surface area contributed by atoms with Gasteiger partial charge in [-0.1, -0.05) is 18.2 Å². The van der Waals surface area contributed by atoms with E-state index < -0.39 is 5.54 Å². The standard InChI is InChI=1S/C15H21NO3/c1-15(2,11-17)16(3)14(18)10-9-12-7-5-6-8-13(12)19-4/h5-10,17H,11H2,1-4H3/b10-9+. The van der Waals surface area contributed by atoms with E-state index in [9.17, 15) is 9.90 Å². The van der Waals surface area contributed by atoms with Gasteiger partial charge in [0.05, 0.1) is 19.3 Å². The molecule has 0 radical (unpaired) electrons. The highest BCUT2D eigenvalue weighted by molar-refractivity contribution is 5.92. The summed E-state index contributed by atoms with van der Waals surface area (Å²) < 4.78 is 5.21. The van der Waals surface area contributed by atoms with Gasteiger partial charge in [-0.2, -0.15) is 0 Å². The van der Waals surface area contributed by atoms with E-state index in [1.807, 2.05) is 38.1 Å². The lowest BCUT2D eigenvalue weighted by Crippen LogP contribution is -2.47. The third kappa shape index (κ3) is 3.83. The van der Waals surface area contributed by atoms with E-state index in [1.165, 1.54) is 11.0 Å². The number of hydrogen-bond acceptors (Lipinski definition) is 3. The van der Waals surface area contributed by atoms with Crippen molar-refractivity contribution in [1.29, 1.82) is 0 Å². The number of para-hydroxylation sites is 1. The van der Waals surface area contributed by atoms with Crippen LogP contribution in [0.15, 0.2) is 30.3 Å². The van der Waals surface area contributed by atoms with Gasteiger partial charge in [-0.3, -0.25) is 4.79 Å². The van der Waals surface area contributed by atoms with Gasteiger partial charge in [0.1, 0.15) is 5.75 Å². The predicted molar refractivity (Wildman–Crippen MR) is 76.0 cm³/mol. The van der Waals surface area contributed by atoms with E-state index in [0.717, 1.165) is 11.3 Å². The number of amides is 1. The summed E-state index contributed by atoms with van der Waals surface area (Å²) in [5.41, 5.74) is 0.260. The number of carbonyl (C=O) groups excluding carboxylic acids is 1. The molecule has 4 heteroatoms. The molecule has 0 saturated carbocycles. The van der Waals surface area contributed by atoms with E-state index in [4.69, 9.17) is 4.74 Å². The lowest BCUT2D eigenvalue weighted by Gasteiger charge is -2.33. The molecule has 1 amide bonds. The molecule has 0 aromatic heterocycles. The van der Waals surface area contributed by atoms with Gasteiger partial charge in [-0.15, -0.1) is 0 Å². The lowest BCUT2D eigenvalue weighted by molar-refractivity contribution is -0.130. The molecule has 0 fully saturated rings. The van der Waals surface area contributed by atoms with Crippen LogP contribution in [0.5, 0.6) is 5.75 Å². The van der Waals surface area contributed by atoms with Crippen LogP contribution in [-0.4, -0.2) is 42.2 Å². The molecule has 0 heterocycles. The summed E-state index contributed by atoms with van der Waals surface area (Å²) in [5, 5.41) is 9.24. The first-order chi connectivity index (χ1) is 8.92. The number of hydrogen-bond donors (Lipinski definition) is 1. The lowest BCUT2D eigenvalue weighted by atomic mass is 10.1. The largest absolute Gasteiger partial charge is 0.496 e. The van der Waals surface area contributed by atoms with Crippen molar-refractivity contribution < 1.29 is 14.6 Å². The molecular weight excluding hydrogens is 242 g/mol. The van der Waals surface area contributed by atoms with Crippen molar-refractivity contribution in [2.75, 3.05) is 20.8 Å². The Morgan fingerprint density at radius 2 is 2.05 bits per heavy atom. The van der Waals surface area contributed by atoms with Gasteiger partial charge >= 0.3 is 0 Å². The van der Waals surface area contributed by atoms with E-state index in [0.29, 0.717) is 0 Å². The number of rotatable bonds is 5. The molecule has 1 N–H and O–H groups in total. The van der Waals surface area contributed by atoms with Gasteiger partial charge in [-0.05, 0) is 26.0 Å². The average Bonchev–Trinajstić information content (AvgIpc) is 2.44. The minimum Gasteiger partial charge on any atom is -0.496 e. The second-order valence-corrected chi connectivity index (χ2v) is 4.94. The van der Waals surface area contributed by atoms with Crippen LogP contribution in [0.3, 0.4) is 0 Å². The van der Waals surface area contributed by atoms with Gasteiger partial charge in [0.25, 0.3) is 0 Å². The van der Waals surface area contributed by atoms with Crippen LogP contribution in [0.4, 0.5) is 0 Å². The Morgan fingerprint density at radius 1 is 1.42 bits per heavy atom. The summed E-state index contributed by atoms with van der Waals surface area (Å²) in [6, 6.07) is 7.47. The van der Waals surface area contributed by atoms with Crippen LogP contribution in [0, 0.1) is 0 Å². The maximum Gasteiger partial charge on any atom is 0.246 e. The number of likely N-dealkylation sites (N-methyl/N-ethyl adjacent to an activating group) is 1. The Bertz CT molecular complexity index is 466. The molecule has 0 atom stereocenters. The highest BCUT2D eigenvalue weighted by Gasteiger charge is 2.25. The maximum absolute atomic E-state index is 12.0. The molecular formula is C15H21NO3. The summed E-state index contributed by atoms with van der Waals surface area (Å²) in [5.74, 6) is 0.556. The maximum atomic E-state index is 12.0. The zero-order valence-corrected chi connectivity index (χ0v) is 11.9. The van der Waals surface area contributed by atoms with Gasteiger partial charge in [0.15, 0.2) is 0 Å². The van der Waals surface area contributed by atoms with Crippen molar-refractivity contribution in [3.8, 4) is 5.75 Å². The van der Waals surface area contributed by atoms with E-state index in [2.05, 4.69) is 0 Å². The highest BCUT2D eigenvalue weighted by Crippen LogP contribution is 2.19. The summed E-state index contributed by atoms with van der Waals surface area (Å²) in [4.78, 5) is 13.5. The fraction of sp³-hybridized carbons (Fsp3) is 0.400. The summed E-state index contributed by atoms with van der Waals surface area (Å²) in [7, 11) is 3.26. The molecule has 104 valence electrons. The normalized spacial score (nSPS) is 11.6. The first-order valence-corrected chi connectivity index (χ1v) is 6.12. The Hall–Kier alpha value is -1.81. The SMILES string of the molecule is COc1ccccc1/C=C/C(=O)N(C)C(C)(C)CO. The molecule has 0 aliphatic heterocycles. The second kappa shape index (κ2) is 6.38. The molecule has 0 spiro atoms. The van der Waals surface area contributed by atoms with E-state index in [-0.39, 0.29) is 12.5 Å². The van der Waals surface area contributed by atoms with Crippen molar-refractivity contribution in [1.82, 2.24) is 4.90 Å². The smallest absolute Gasteiger partial charge is 0.246 e. The quantitative estimate of drug-likeness (QED) is 0.826. The predicted octanol–water partition coefficient (Wildman–Crippen LogP) is 1.94. The first-order valence-electron chi connectivity index (χ1n) is 6.12. The monoisotopic (exact) mass is 263 g/mol. The molecule has 1 aromatic rings. The molecule has 0 aliphatic carbocycles. The third-order valence-electron chi connectivity index (χ3n) is 3.17. The number of benzene rings is 1. The molecule has 0 bridgehead atoms. The minimum atomic E-state index is -0.581. The molecule has 1 aromatic carbocycles. The third-order valence-corrected chi connectivity index (χ3v) is 3.17. The fourth-order valence-electron chi connectivity index (χ4n) is 1.48. The number of methoxy groups -OCH3 is 1. The number of nitrogens with zero attached hydrogens (tertiary/aromatic N) is 1. The molecule has 4 nitrogen and oxygen atoms in total. The van der Waals surface area contributed by atoms with Gasteiger partial charge < -0.3 is 14.7 Å². The highest BCUT2D eigenvalue weighted by atomic mass is 16.5. The minimum absolute atomic E-state index is 0.0856. The number of aliphatic hydroxyl groups excluding tert-OH is 1. The van der Waals surface area contributed by atoms with Crippen LogP contribution < -0.4 is 4.74 Å². The van der Waals surface area contributed by atoms with E-state index >= 15 is 0 Å². The molecule has 0 aliphatic rings. The van der Waals surface area contributed by atoms with E-state index in [1.54, 1.807) is 20.2 Å². The van der Waals surface area contributed by atoms with Crippen LogP contribution in [0.2, 0.25) is 0 Å². The zero-order chi connectivity index (χ0) is 14.5. The van der Waals surface area contributed by atoms with Gasteiger partial charge in [0, 0.05) is 18.7 Å². The summed E-state index contributed by atoms with van der Waals surface area (Å²) in [6.45, 7) is 3.53. The van der Waals surface area contributed by atoms with Crippen molar-refractivity contribution >= 4 is 12.0 Å². The first kappa shape index (κ1) is 15.2. The molecule has 1 rings (SSSR count). The molecule has 0 unspecified atom stereocenters. The number of aliphatic hydroxyl groups is 1. The van der Waals surface area contributed by atoms with Crippen LogP contribution in [-0.2, 0) is 4.79 Å². The van der Waals surface area contributed by atoms with Crippen molar-refractivity contribution in [2.45, 2.75) is 19.4 Å². The summed E-state index contributed by atoms with van der Waals surface area (Å²) >= 11 is 0. The van der Waals surface area contributed by atoms with Crippen LogP contribution in [0.1, 0.15) is 19.4 Å². The van der Waals surface area contributed by atoms with Crippen molar-refractivity contribution in [2.24, 2.45) is 0 Å². The second-order valence-electron chi connectivity index (χ2n) is 4.94. The van der Waals surface area contributed by atoms with Crippen LogP contribution in [0.25, 0.3) is 6.08 Å². The Labute approximate surface area is 114 Å². The van der Waals surface area contributed by atoms with Crippen molar-refractivity contribution in [3.05, 3.63) is 35.9 Å². The Kier molecular flexibility index (Phi) is 5.12. The van der Waals surface area contributed by atoms with Gasteiger partial charge in [-0.25, -0.2) is 0 Å². The molecule has 19 heavy (non-hydrogen) atoms. The average molecular weight is 263 g/mol. The Balaban J connectivity index is 2.84. The topological polar surface area (TPSA) is 49.8 Å². The fourth-order valence-corrected chi connectivity index (χ4v) is 1.48. The molecule has 0 saturated heterocycles. The number of carbonyl (C=O) groups is 1. The zero-order valence-electron chi connectivity index (χ0n) is 11.9. The summed E-state index contributed by atoms with van der Waals surface area (Å²) in [6.07, 6.45) is 3.19.